The molecule has 0 atom stereocenters. The number of rotatable bonds is 4. The normalized spacial score (nSPS) is 16.5. The van der Waals surface area contributed by atoms with E-state index >= 15 is 0 Å². The Morgan fingerprint density at radius 3 is 0.694 bits per heavy atom. The molecule has 6 aliphatic rings. The number of fused-ring (bicyclic) bond motifs is 22. The van der Waals surface area contributed by atoms with Crippen molar-refractivity contribution >= 4 is 28.8 Å². The van der Waals surface area contributed by atoms with Crippen LogP contribution in [0.3, 0.4) is 0 Å². The molecule has 0 radical (unpaired) electrons. The zero-order chi connectivity index (χ0) is 57.3. The molecule has 85 heavy (non-hydrogen) atoms. The van der Waals surface area contributed by atoms with Crippen molar-refractivity contribution in [2.75, 3.05) is 0 Å². The first-order chi connectivity index (χ1) is 41.1. The number of hydrogen-bond donors (Lipinski definition) is 0. The Bertz CT molecular complexity index is 4420. The van der Waals surface area contributed by atoms with Gasteiger partial charge in [-0.3, -0.25) is 39.9 Å². The van der Waals surface area contributed by atoms with Gasteiger partial charge in [0.05, 0.1) is 45.6 Å². The van der Waals surface area contributed by atoms with Crippen LogP contribution in [0, 0.1) is 0 Å². The summed E-state index contributed by atoms with van der Waals surface area (Å²) in [6.45, 7) is 18.4. The van der Waals surface area contributed by atoms with Crippen LogP contribution in [0.5, 0.6) is 0 Å². The number of nitrogens with zero attached hydrogens (tertiary/aromatic N) is 8. The Balaban J connectivity index is 0.891. The van der Waals surface area contributed by atoms with Crippen molar-refractivity contribution < 1.29 is 0 Å². The van der Waals surface area contributed by atoms with E-state index in [1.807, 2.05) is 49.1 Å². The first kappa shape index (κ1) is 48.8. The zero-order valence-corrected chi connectivity index (χ0v) is 49.6. The second kappa shape index (κ2) is 16.3. The quantitative estimate of drug-likeness (QED) is 0.161. The highest BCUT2D eigenvalue weighted by Crippen LogP contribution is 2.52. The fourth-order valence-corrected chi connectivity index (χ4v) is 21.8. The average molecular weight is 1110 g/mol. The molecule has 404 valence electrons. The molecule has 4 aliphatic carbocycles. The predicted molar refractivity (Wildman–Crippen MR) is 342 cm³/mol. The number of pyridine rings is 8. The molecule has 8 nitrogen and oxygen atoms in total. The van der Waals surface area contributed by atoms with Gasteiger partial charge in [-0.2, -0.15) is 0 Å². The second-order valence-electron chi connectivity index (χ2n) is 26.4. The van der Waals surface area contributed by atoms with Crippen molar-refractivity contribution in [3.05, 3.63) is 240 Å². The Hall–Kier alpha value is -9.70. The molecule has 2 aliphatic heterocycles. The van der Waals surface area contributed by atoms with Crippen molar-refractivity contribution in [1.29, 1.82) is 0 Å². The van der Waals surface area contributed by atoms with Crippen LogP contribution in [0.1, 0.15) is 99.9 Å². The molecule has 9 heteroatoms. The minimum absolute atomic E-state index is 0.264. The standard InChI is InChI=1S/C76H56N8Si/c1-73(2)53-13-9-25-77-65(53)69-57(73)29-45(37-81-69)41-17-21-49-50-22-18-42(46-30-58-70(82-38-46)66-54(74(58,3)4)14-10-26-78-66)34-62(50)85(61(49)33-41)63-35-43(47-31-59-71(83-39-47)67-55(75(59,5)6)15-11-27-79-67)19-23-51(63)52-24-20-44(36-64(52)85)48-32-60-72(84-40-48)68-56(76(60,7)8)16-12-28-80-68/h9-40H,1-8H3. The van der Waals surface area contributed by atoms with Gasteiger partial charge < -0.3 is 0 Å². The molecule has 0 fully saturated rings. The van der Waals surface area contributed by atoms with Gasteiger partial charge in [-0.05, 0) is 158 Å². The second-order valence-corrected chi connectivity index (χ2v) is 30.0. The van der Waals surface area contributed by atoms with Crippen molar-refractivity contribution in [1.82, 2.24) is 39.9 Å². The molecule has 12 aromatic rings. The van der Waals surface area contributed by atoms with Crippen LogP contribution in [0.15, 0.2) is 195 Å². The minimum atomic E-state index is -3.33. The van der Waals surface area contributed by atoms with Crippen LogP contribution < -0.4 is 20.7 Å². The average Bonchev–Trinajstić information content (AvgIpc) is 1.52. The van der Waals surface area contributed by atoms with Gasteiger partial charge in [0.2, 0.25) is 0 Å². The summed E-state index contributed by atoms with van der Waals surface area (Å²) in [4.78, 5) is 40.5. The van der Waals surface area contributed by atoms with Gasteiger partial charge in [-0.1, -0.05) is 152 Å². The van der Waals surface area contributed by atoms with Crippen molar-refractivity contribution in [2.24, 2.45) is 0 Å². The van der Waals surface area contributed by atoms with E-state index in [4.69, 9.17) is 39.9 Å². The topological polar surface area (TPSA) is 103 Å². The monoisotopic (exact) mass is 1110 g/mol. The maximum atomic E-state index is 5.27. The summed E-state index contributed by atoms with van der Waals surface area (Å²) in [5, 5.41) is 5.48. The minimum Gasteiger partial charge on any atom is -0.254 e. The molecule has 0 amide bonds. The lowest BCUT2D eigenvalue weighted by Gasteiger charge is -2.29. The Labute approximate surface area is 495 Å². The molecule has 0 saturated carbocycles. The van der Waals surface area contributed by atoms with Crippen molar-refractivity contribution in [3.63, 3.8) is 0 Å². The number of hydrogen-bond acceptors (Lipinski definition) is 8. The number of benzene rings is 4. The fraction of sp³-hybridized carbons (Fsp3) is 0.158. The van der Waals surface area contributed by atoms with Crippen LogP contribution >= 0.6 is 0 Å². The first-order valence-corrected chi connectivity index (χ1v) is 31.6. The van der Waals surface area contributed by atoms with Crippen LogP contribution in [-0.4, -0.2) is 47.9 Å². The molecule has 0 N–H and O–H groups in total. The van der Waals surface area contributed by atoms with E-state index in [1.54, 1.807) is 0 Å². The van der Waals surface area contributed by atoms with E-state index in [9.17, 15) is 0 Å². The summed E-state index contributed by atoms with van der Waals surface area (Å²) in [6.07, 6.45) is 15.8. The third kappa shape index (κ3) is 6.20. The van der Waals surface area contributed by atoms with Gasteiger partial charge in [0, 0.05) is 93.5 Å². The van der Waals surface area contributed by atoms with Gasteiger partial charge in [0.25, 0.3) is 0 Å². The molecular formula is C76H56N8Si. The zero-order valence-electron chi connectivity index (χ0n) is 48.6. The van der Waals surface area contributed by atoms with Gasteiger partial charge in [-0.15, -0.1) is 0 Å². The largest absolute Gasteiger partial charge is 0.254 e. The lowest BCUT2D eigenvalue weighted by Crippen LogP contribution is -2.70. The van der Waals surface area contributed by atoms with E-state index in [2.05, 4.69) is 202 Å². The summed E-state index contributed by atoms with van der Waals surface area (Å²) in [6, 6.07) is 55.7. The molecule has 10 heterocycles. The van der Waals surface area contributed by atoms with E-state index in [1.165, 1.54) is 87.5 Å². The Morgan fingerprint density at radius 2 is 0.459 bits per heavy atom. The third-order valence-electron chi connectivity index (χ3n) is 20.7. The summed E-state index contributed by atoms with van der Waals surface area (Å²) in [5.74, 6) is 0. The smallest absolute Gasteiger partial charge is 0.182 e. The Morgan fingerprint density at radius 1 is 0.235 bits per heavy atom. The van der Waals surface area contributed by atoms with E-state index in [0.29, 0.717) is 0 Å². The first-order valence-electron chi connectivity index (χ1n) is 29.6. The molecule has 0 unspecified atom stereocenters. The molecular weight excluding hydrogens is 1050 g/mol. The maximum Gasteiger partial charge on any atom is 0.182 e. The van der Waals surface area contributed by atoms with E-state index in [-0.39, 0.29) is 21.7 Å². The summed E-state index contributed by atoms with van der Waals surface area (Å²) < 4.78 is 0. The summed E-state index contributed by atoms with van der Waals surface area (Å²) >= 11 is 0. The Kier molecular flexibility index (Phi) is 9.38. The van der Waals surface area contributed by atoms with Gasteiger partial charge in [-0.25, -0.2) is 0 Å². The van der Waals surface area contributed by atoms with Crippen LogP contribution in [-0.2, 0) is 21.7 Å². The lowest BCUT2D eigenvalue weighted by molar-refractivity contribution is 0.658. The maximum absolute atomic E-state index is 5.27. The fourth-order valence-electron chi connectivity index (χ4n) is 16.1. The highest BCUT2D eigenvalue weighted by molar-refractivity contribution is 7.24. The molecule has 18 rings (SSSR count). The highest BCUT2D eigenvalue weighted by atomic mass is 28.3. The van der Waals surface area contributed by atoms with Crippen LogP contribution in [0.25, 0.3) is 112 Å². The molecule has 0 saturated heterocycles. The van der Waals surface area contributed by atoms with E-state index in [0.717, 1.165) is 90.1 Å². The highest BCUT2D eigenvalue weighted by Gasteiger charge is 2.55. The van der Waals surface area contributed by atoms with Gasteiger partial charge in [0.15, 0.2) is 8.07 Å². The van der Waals surface area contributed by atoms with E-state index < -0.39 is 8.07 Å². The third-order valence-corrected chi connectivity index (χ3v) is 25.6. The molecule has 4 aromatic carbocycles. The lowest BCUT2D eigenvalue weighted by atomic mass is 9.82. The summed E-state index contributed by atoms with van der Waals surface area (Å²) in [5.41, 5.74) is 30.4. The molecule has 1 spiro atoms. The predicted octanol–water partition coefficient (Wildman–Crippen LogP) is 14.1. The molecule has 8 aromatic heterocycles. The molecule has 0 bridgehead atoms. The van der Waals surface area contributed by atoms with Crippen molar-refractivity contribution in [2.45, 2.75) is 77.0 Å². The SMILES string of the molecule is CC1(C)c2cccnc2-c2ncc(-c3ccc4c(c3)[Si]3(c5cc(-c6cnc7c(c6)C(C)(C)c6cccnc6-7)ccc5-4)c4cc(-c5cnc6c(c5)C(C)(C)c5cccnc5-6)ccc4-c4ccc(-c5cnc6c(c5)C(C)(C)c5cccnc5-6)cc43)cc21. The van der Waals surface area contributed by atoms with Gasteiger partial charge in [0.1, 0.15) is 0 Å². The van der Waals surface area contributed by atoms with Crippen molar-refractivity contribution in [3.8, 4) is 112 Å². The van der Waals surface area contributed by atoms with Crippen LogP contribution in [0.2, 0.25) is 0 Å². The summed E-state index contributed by atoms with van der Waals surface area (Å²) in [7, 11) is -3.33. The number of aromatic nitrogens is 8. The van der Waals surface area contributed by atoms with Gasteiger partial charge >= 0.3 is 0 Å². The van der Waals surface area contributed by atoms with Crippen LogP contribution in [0.4, 0.5) is 0 Å².